The van der Waals surface area contributed by atoms with E-state index in [0.29, 0.717) is 37.8 Å². The summed E-state index contributed by atoms with van der Waals surface area (Å²) in [4.78, 5) is 23.0. The van der Waals surface area contributed by atoms with E-state index in [1.807, 2.05) is 0 Å². The van der Waals surface area contributed by atoms with Crippen LogP contribution in [0.4, 0.5) is 5.13 Å². The SMILES string of the molecule is CCOC(=O)CCCNC(=O)CSc1nnc(NC2CCCCC2)s1. The minimum Gasteiger partial charge on any atom is -0.466 e. The Hall–Kier alpha value is -1.35. The maximum absolute atomic E-state index is 11.8. The predicted octanol–water partition coefficient (Wildman–Crippen LogP) is 2.83. The fourth-order valence-electron chi connectivity index (χ4n) is 2.62. The van der Waals surface area contributed by atoms with Crippen LogP contribution in [0.2, 0.25) is 0 Å². The fourth-order valence-corrected chi connectivity index (χ4v) is 4.28. The molecule has 0 spiro atoms. The van der Waals surface area contributed by atoms with Gasteiger partial charge in [-0.05, 0) is 26.2 Å². The van der Waals surface area contributed by atoms with Gasteiger partial charge in [-0.25, -0.2) is 0 Å². The molecule has 1 aliphatic carbocycles. The summed E-state index contributed by atoms with van der Waals surface area (Å²) in [5.41, 5.74) is 0. The number of esters is 1. The molecular formula is C16H26N4O3S2. The lowest BCUT2D eigenvalue weighted by Gasteiger charge is -2.21. The first-order chi connectivity index (χ1) is 12.2. The van der Waals surface area contributed by atoms with Gasteiger partial charge in [0.25, 0.3) is 0 Å². The summed E-state index contributed by atoms with van der Waals surface area (Å²) < 4.78 is 5.63. The standard InChI is InChI=1S/C16H26N4O3S2/c1-2-23-14(22)9-6-10-17-13(21)11-24-16-20-19-15(25-16)18-12-7-4-3-5-8-12/h12H,2-11H2,1H3,(H,17,21)(H,18,19). The molecule has 0 radical (unpaired) electrons. The number of carbonyl (C=O) groups is 2. The Balaban J connectivity index is 1.59. The highest BCUT2D eigenvalue weighted by Crippen LogP contribution is 2.28. The Kier molecular flexibility index (Phi) is 9.03. The molecule has 2 rings (SSSR count). The predicted molar refractivity (Wildman–Crippen MR) is 100 cm³/mol. The Labute approximate surface area is 156 Å². The number of amides is 1. The molecule has 25 heavy (non-hydrogen) atoms. The molecule has 1 aromatic rings. The molecule has 1 amide bonds. The topological polar surface area (TPSA) is 93.2 Å². The maximum Gasteiger partial charge on any atom is 0.305 e. The first-order valence-electron chi connectivity index (χ1n) is 8.82. The molecule has 1 aromatic heterocycles. The van der Waals surface area contributed by atoms with Gasteiger partial charge in [-0.3, -0.25) is 9.59 Å². The number of thioether (sulfide) groups is 1. The van der Waals surface area contributed by atoms with Crippen LogP contribution in [0.5, 0.6) is 0 Å². The number of nitrogens with one attached hydrogen (secondary N) is 2. The highest BCUT2D eigenvalue weighted by atomic mass is 32.2. The van der Waals surface area contributed by atoms with Crippen molar-refractivity contribution < 1.29 is 14.3 Å². The van der Waals surface area contributed by atoms with Crippen LogP contribution in [-0.2, 0) is 14.3 Å². The molecule has 0 saturated heterocycles. The van der Waals surface area contributed by atoms with Crippen LogP contribution in [0.25, 0.3) is 0 Å². The first-order valence-corrected chi connectivity index (χ1v) is 10.6. The third-order valence-corrected chi connectivity index (χ3v) is 5.84. The van der Waals surface area contributed by atoms with Gasteiger partial charge in [-0.1, -0.05) is 42.4 Å². The largest absolute Gasteiger partial charge is 0.466 e. The van der Waals surface area contributed by atoms with Crippen LogP contribution < -0.4 is 10.6 Å². The average Bonchev–Trinajstić information content (AvgIpc) is 3.05. The molecule has 7 nitrogen and oxygen atoms in total. The Morgan fingerprint density at radius 2 is 2.08 bits per heavy atom. The van der Waals surface area contributed by atoms with Gasteiger partial charge >= 0.3 is 5.97 Å². The lowest BCUT2D eigenvalue weighted by atomic mass is 9.96. The van der Waals surface area contributed by atoms with E-state index in [1.165, 1.54) is 55.2 Å². The van der Waals surface area contributed by atoms with E-state index in [9.17, 15) is 9.59 Å². The van der Waals surface area contributed by atoms with E-state index >= 15 is 0 Å². The number of hydrogen-bond acceptors (Lipinski definition) is 8. The van der Waals surface area contributed by atoms with Gasteiger partial charge in [0, 0.05) is 19.0 Å². The number of anilines is 1. The summed E-state index contributed by atoms with van der Waals surface area (Å²) in [6, 6.07) is 0.502. The molecule has 0 unspecified atom stereocenters. The van der Waals surface area contributed by atoms with Crippen LogP contribution in [0.1, 0.15) is 51.9 Å². The minimum atomic E-state index is -0.224. The second-order valence-corrected chi connectivity index (χ2v) is 8.10. The third-order valence-electron chi connectivity index (χ3n) is 3.85. The number of hydrogen-bond donors (Lipinski definition) is 2. The van der Waals surface area contributed by atoms with Gasteiger partial charge in [0.1, 0.15) is 0 Å². The van der Waals surface area contributed by atoms with Crippen LogP contribution in [0, 0.1) is 0 Å². The molecule has 2 N–H and O–H groups in total. The molecule has 140 valence electrons. The molecular weight excluding hydrogens is 360 g/mol. The first kappa shape index (κ1) is 20.0. The van der Waals surface area contributed by atoms with Crippen molar-refractivity contribution in [3.05, 3.63) is 0 Å². The van der Waals surface area contributed by atoms with Crippen molar-refractivity contribution >= 4 is 40.1 Å². The van der Waals surface area contributed by atoms with Crippen molar-refractivity contribution in [2.45, 2.75) is 62.3 Å². The maximum atomic E-state index is 11.8. The van der Waals surface area contributed by atoms with Crippen molar-refractivity contribution in [2.24, 2.45) is 0 Å². The van der Waals surface area contributed by atoms with Crippen molar-refractivity contribution in [3.8, 4) is 0 Å². The summed E-state index contributed by atoms with van der Waals surface area (Å²) in [6.45, 7) is 2.64. The minimum absolute atomic E-state index is 0.0640. The lowest BCUT2D eigenvalue weighted by molar-refractivity contribution is -0.143. The van der Waals surface area contributed by atoms with Crippen LogP contribution in [0.3, 0.4) is 0 Å². The number of aromatic nitrogens is 2. The van der Waals surface area contributed by atoms with Gasteiger partial charge in [-0.2, -0.15) is 0 Å². The molecule has 0 atom stereocenters. The van der Waals surface area contributed by atoms with Crippen molar-refractivity contribution in [1.29, 1.82) is 0 Å². The van der Waals surface area contributed by atoms with Crippen molar-refractivity contribution in [2.75, 3.05) is 24.2 Å². The molecule has 0 aliphatic heterocycles. The van der Waals surface area contributed by atoms with E-state index in [0.717, 1.165) is 9.47 Å². The zero-order chi connectivity index (χ0) is 17.9. The quantitative estimate of drug-likeness (QED) is 0.363. The van der Waals surface area contributed by atoms with E-state index in [4.69, 9.17) is 4.74 Å². The zero-order valence-corrected chi connectivity index (χ0v) is 16.2. The fraction of sp³-hybridized carbons (Fsp3) is 0.750. The van der Waals surface area contributed by atoms with E-state index < -0.39 is 0 Å². The van der Waals surface area contributed by atoms with Gasteiger partial charge in [0.05, 0.1) is 12.4 Å². The smallest absolute Gasteiger partial charge is 0.305 e. The van der Waals surface area contributed by atoms with Gasteiger partial charge < -0.3 is 15.4 Å². The molecule has 1 aliphatic rings. The number of rotatable bonds is 10. The highest BCUT2D eigenvalue weighted by Gasteiger charge is 2.15. The highest BCUT2D eigenvalue weighted by molar-refractivity contribution is 8.01. The average molecular weight is 387 g/mol. The Morgan fingerprint density at radius 3 is 2.84 bits per heavy atom. The van der Waals surface area contributed by atoms with Crippen molar-refractivity contribution in [1.82, 2.24) is 15.5 Å². The van der Waals surface area contributed by atoms with Crippen molar-refractivity contribution in [3.63, 3.8) is 0 Å². The number of carbonyl (C=O) groups excluding carboxylic acids is 2. The summed E-state index contributed by atoms with van der Waals surface area (Å²) in [5.74, 6) is 0.0149. The zero-order valence-electron chi connectivity index (χ0n) is 14.6. The molecule has 9 heteroatoms. The van der Waals surface area contributed by atoms with Gasteiger partial charge in [0.15, 0.2) is 4.34 Å². The van der Waals surface area contributed by atoms with Gasteiger partial charge in [-0.15, -0.1) is 10.2 Å². The summed E-state index contributed by atoms with van der Waals surface area (Å²) >= 11 is 2.88. The number of ether oxygens (including phenoxy) is 1. The van der Waals surface area contributed by atoms with E-state index in [1.54, 1.807) is 6.92 Å². The second-order valence-electron chi connectivity index (χ2n) is 5.90. The number of nitrogens with zero attached hydrogens (tertiary/aromatic N) is 2. The van der Waals surface area contributed by atoms with Crippen LogP contribution >= 0.6 is 23.1 Å². The van der Waals surface area contributed by atoms with Crippen LogP contribution in [0.15, 0.2) is 4.34 Å². The monoisotopic (exact) mass is 386 g/mol. The Bertz CT molecular complexity index is 547. The molecule has 0 bridgehead atoms. The van der Waals surface area contributed by atoms with Gasteiger partial charge in [0.2, 0.25) is 11.0 Å². The van der Waals surface area contributed by atoms with E-state index in [-0.39, 0.29) is 11.9 Å². The lowest BCUT2D eigenvalue weighted by Crippen LogP contribution is -2.26. The molecule has 1 heterocycles. The van der Waals surface area contributed by atoms with Crippen LogP contribution in [-0.4, -0.2) is 47.0 Å². The summed E-state index contributed by atoms with van der Waals surface area (Å²) in [7, 11) is 0. The molecule has 0 aromatic carbocycles. The van der Waals surface area contributed by atoms with E-state index in [2.05, 4.69) is 20.8 Å². The summed E-state index contributed by atoms with van der Waals surface area (Å²) in [5, 5.41) is 15.3. The second kappa shape index (κ2) is 11.3. The third kappa shape index (κ3) is 8.04. The molecule has 1 fully saturated rings. The summed E-state index contributed by atoms with van der Waals surface area (Å²) in [6.07, 6.45) is 7.16. The Morgan fingerprint density at radius 1 is 1.28 bits per heavy atom. The normalized spacial score (nSPS) is 14.9. The molecule has 1 saturated carbocycles.